The molecule has 0 radical (unpaired) electrons. The van der Waals surface area contributed by atoms with Crippen molar-refractivity contribution in [2.45, 2.75) is 122 Å². The maximum Gasteiger partial charge on any atom is 0.264 e. The lowest BCUT2D eigenvalue weighted by Gasteiger charge is -2.42. The van der Waals surface area contributed by atoms with E-state index in [0.29, 0.717) is 41.8 Å². The summed E-state index contributed by atoms with van der Waals surface area (Å²) in [5.74, 6) is 1.05. The van der Waals surface area contributed by atoms with Crippen LogP contribution in [0, 0.1) is 17.8 Å². The molecule has 2 aromatic rings. The van der Waals surface area contributed by atoms with Crippen molar-refractivity contribution in [3.63, 3.8) is 0 Å². The molecule has 4 aliphatic rings. The fourth-order valence-corrected chi connectivity index (χ4v) is 9.25. The van der Waals surface area contributed by atoms with Crippen LogP contribution in [0.2, 0.25) is 5.02 Å². The molecule has 0 aromatic heterocycles. The molecule has 3 aliphatic heterocycles. The van der Waals surface area contributed by atoms with Crippen LogP contribution < -0.4 is 19.7 Å². The van der Waals surface area contributed by atoms with Crippen molar-refractivity contribution in [1.29, 1.82) is 0 Å². The minimum atomic E-state index is -3.84. The maximum atomic E-state index is 13.4. The second kappa shape index (κ2) is 18.3. The highest BCUT2D eigenvalue weighted by molar-refractivity contribution is 7.90. The molecular weight excluding hydrogens is 698 g/mol. The minimum absolute atomic E-state index is 0.0616. The number of fused-ring (bicyclic) bond motifs is 1. The van der Waals surface area contributed by atoms with Crippen LogP contribution in [-0.4, -0.2) is 70.9 Å². The van der Waals surface area contributed by atoms with Gasteiger partial charge in [-0.05, 0) is 125 Å². The van der Waals surface area contributed by atoms with Crippen molar-refractivity contribution in [2.75, 3.05) is 44.4 Å². The van der Waals surface area contributed by atoms with Gasteiger partial charge < -0.3 is 24.4 Å². The van der Waals surface area contributed by atoms with E-state index >= 15 is 0 Å². The lowest BCUT2D eigenvalue weighted by Crippen LogP contribution is -2.51. The van der Waals surface area contributed by atoms with Crippen molar-refractivity contribution >= 4 is 33.2 Å². The van der Waals surface area contributed by atoms with Crippen molar-refractivity contribution in [2.24, 2.45) is 17.8 Å². The number of ether oxygens (including phenoxy) is 3. The Morgan fingerprint density at radius 1 is 1.06 bits per heavy atom. The first kappa shape index (κ1) is 40.8. The summed E-state index contributed by atoms with van der Waals surface area (Å²) in [6.45, 7) is 16.9. The number of nitrogens with zero attached hydrogens (tertiary/aromatic N) is 1. The Bertz CT molecular complexity index is 1590. The predicted molar refractivity (Wildman–Crippen MR) is 210 cm³/mol. The molecule has 290 valence electrons. The number of sulfonamides is 1. The standard InChI is InChI=1S/C36H51ClN2O6S.C5H11N/c1-5-8-24(3)25(4)46(41,42)38-36(40)28-12-15-34-33(19-28)39(21-29-11-10-26(29)20-35-43-16-7-17-44-35)22-30(23-45-34)32-14-13-31(37)18-27(32)9-6-2;1-5(2)3-4-6-5/h12-15,18-19,24-26,29-30,35H,5-11,16-17,20-23H2,1-4H3,(H,38,40);6H,3-4H2,1-2H3. The summed E-state index contributed by atoms with van der Waals surface area (Å²) in [7, 11) is -3.84. The number of carbonyl (C=O) groups is 1. The molecule has 1 aliphatic carbocycles. The molecule has 5 atom stereocenters. The van der Waals surface area contributed by atoms with Gasteiger partial charge in [-0.2, -0.15) is 0 Å². The van der Waals surface area contributed by atoms with Crippen LogP contribution in [-0.2, 0) is 25.9 Å². The van der Waals surface area contributed by atoms with Gasteiger partial charge in [0, 0.05) is 41.6 Å². The average Bonchev–Trinajstić information content (AvgIpc) is 3.28. The molecule has 2 aromatic carbocycles. The Hall–Kier alpha value is -2.37. The number of carbonyl (C=O) groups excluding carboxylic acids is 1. The third kappa shape index (κ3) is 10.6. The number of aryl methyl sites for hydroxylation is 1. The van der Waals surface area contributed by atoms with E-state index in [2.05, 4.69) is 47.8 Å². The fourth-order valence-electron chi connectivity index (χ4n) is 7.75. The second-order valence-corrected chi connectivity index (χ2v) is 18.5. The van der Waals surface area contributed by atoms with Gasteiger partial charge in [0.05, 0.1) is 30.8 Å². The number of anilines is 1. The summed E-state index contributed by atoms with van der Waals surface area (Å²) in [5.41, 5.74) is 4.07. The molecule has 5 unspecified atom stereocenters. The minimum Gasteiger partial charge on any atom is -0.491 e. The molecule has 6 rings (SSSR count). The smallest absolute Gasteiger partial charge is 0.264 e. The molecule has 3 heterocycles. The van der Waals surface area contributed by atoms with Gasteiger partial charge in [0.1, 0.15) is 5.75 Å². The van der Waals surface area contributed by atoms with Gasteiger partial charge in [0.2, 0.25) is 10.0 Å². The number of nitrogens with one attached hydrogen (secondary N) is 2. The normalized spacial score (nSPS) is 24.1. The summed E-state index contributed by atoms with van der Waals surface area (Å²) in [4.78, 5) is 15.8. The van der Waals surface area contributed by atoms with E-state index in [-0.39, 0.29) is 18.1 Å². The third-order valence-corrected chi connectivity index (χ3v) is 13.7. The predicted octanol–water partition coefficient (Wildman–Crippen LogP) is 8.10. The number of rotatable bonds is 13. The van der Waals surface area contributed by atoms with E-state index in [1.807, 2.05) is 26.0 Å². The van der Waals surface area contributed by atoms with E-state index in [9.17, 15) is 13.2 Å². The lowest BCUT2D eigenvalue weighted by molar-refractivity contribution is -0.192. The Balaban J connectivity index is 0.000000790. The molecule has 52 heavy (non-hydrogen) atoms. The summed E-state index contributed by atoms with van der Waals surface area (Å²) < 4.78 is 46.9. The number of benzene rings is 2. The Labute approximate surface area is 317 Å². The van der Waals surface area contributed by atoms with E-state index in [1.165, 1.54) is 24.1 Å². The second-order valence-electron chi connectivity index (χ2n) is 16.1. The van der Waals surface area contributed by atoms with Crippen molar-refractivity contribution in [3.8, 4) is 5.75 Å². The van der Waals surface area contributed by atoms with Gasteiger partial charge in [-0.15, -0.1) is 0 Å². The van der Waals surface area contributed by atoms with Crippen LogP contribution in [0.25, 0.3) is 0 Å². The van der Waals surface area contributed by atoms with Crippen LogP contribution in [0.3, 0.4) is 0 Å². The van der Waals surface area contributed by atoms with Gasteiger partial charge in [-0.3, -0.25) is 4.79 Å². The van der Waals surface area contributed by atoms with Gasteiger partial charge in [0.15, 0.2) is 6.29 Å². The van der Waals surface area contributed by atoms with Crippen molar-refractivity contribution in [3.05, 3.63) is 58.1 Å². The summed E-state index contributed by atoms with van der Waals surface area (Å²) in [5, 5.41) is 3.34. The summed E-state index contributed by atoms with van der Waals surface area (Å²) in [6.07, 6.45) is 8.88. The van der Waals surface area contributed by atoms with E-state index in [0.717, 1.165) is 81.8 Å². The third-order valence-electron chi connectivity index (χ3n) is 11.6. The number of hydrogen-bond acceptors (Lipinski definition) is 8. The monoisotopic (exact) mass is 759 g/mol. The number of amides is 1. The largest absolute Gasteiger partial charge is 0.491 e. The van der Waals surface area contributed by atoms with Crippen molar-refractivity contribution < 1.29 is 27.4 Å². The van der Waals surface area contributed by atoms with Gasteiger partial charge in [-0.25, -0.2) is 13.1 Å². The van der Waals surface area contributed by atoms with Crippen LogP contribution in [0.5, 0.6) is 5.75 Å². The molecule has 11 heteroatoms. The van der Waals surface area contributed by atoms with Crippen LogP contribution >= 0.6 is 11.6 Å². The molecule has 9 nitrogen and oxygen atoms in total. The topological polar surface area (TPSA) is 106 Å². The fraction of sp³-hybridized carbons (Fsp3) is 0.683. The van der Waals surface area contributed by atoms with E-state index in [1.54, 1.807) is 19.1 Å². The SMILES string of the molecule is CC1(C)CCN1.CCCc1cc(Cl)ccc1C1COc2ccc(C(=O)NS(=O)(=O)C(C)C(C)CCC)cc2N(CC2CCC2CC2OCCCO2)C1. The Morgan fingerprint density at radius 3 is 2.38 bits per heavy atom. The Kier molecular flexibility index (Phi) is 14.4. The van der Waals surface area contributed by atoms with Gasteiger partial charge >= 0.3 is 0 Å². The first-order chi connectivity index (χ1) is 24.8. The molecule has 0 spiro atoms. The molecule has 1 amide bonds. The van der Waals surface area contributed by atoms with E-state index in [4.69, 9.17) is 25.8 Å². The Morgan fingerprint density at radius 2 is 1.77 bits per heavy atom. The zero-order valence-corrected chi connectivity index (χ0v) is 33.8. The highest BCUT2D eigenvalue weighted by atomic mass is 35.5. The molecule has 2 saturated heterocycles. The molecular formula is C41H62ClN3O6S. The first-order valence-electron chi connectivity index (χ1n) is 19.6. The zero-order chi connectivity index (χ0) is 37.5. The molecule has 0 bridgehead atoms. The highest BCUT2D eigenvalue weighted by Crippen LogP contribution is 2.43. The number of halogens is 1. The molecule has 3 fully saturated rings. The highest BCUT2D eigenvalue weighted by Gasteiger charge is 2.37. The average molecular weight is 760 g/mol. The lowest BCUT2D eigenvalue weighted by atomic mass is 9.71. The van der Waals surface area contributed by atoms with Crippen molar-refractivity contribution in [1.82, 2.24) is 10.0 Å². The van der Waals surface area contributed by atoms with E-state index < -0.39 is 21.2 Å². The molecule has 2 N–H and O–H groups in total. The first-order valence-corrected chi connectivity index (χ1v) is 21.6. The quantitative estimate of drug-likeness (QED) is 0.211. The summed E-state index contributed by atoms with van der Waals surface area (Å²) >= 11 is 6.42. The summed E-state index contributed by atoms with van der Waals surface area (Å²) in [6, 6.07) is 11.4. The van der Waals surface area contributed by atoms with Crippen LogP contribution in [0.15, 0.2) is 36.4 Å². The van der Waals surface area contributed by atoms with Crippen LogP contribution in [0.4, 0.5) is 5.69 Å². The van der Waals surface area contributed by atoms with Gasteiger partial charge in [0.25, 0.3) is 5.91 Å². The molecule has 1 saturated carbocycles. The van der Waals surface area contributed by atoms with Gasteiger partial charge in [-0.1, -0.05) is 51.3 Å². The maximum absolute atomic E-state index is 13.4. The number of hydrogen-bond donors (Lipinski definition) is 2. The van der Waals surface area contributed by atoms with Crippen LogP contribution in [0.1, 0.15) is 120 Å². The zero-order valence-electron chi connectivity index (χ0n) is 32.2.